The Hall–Kier alpha value is 0.0400. The molecule has 1 atom stereocenters. The Morgan fingerprint density at radius 3 is 2.50 bits per heavy atom. The van der Waals surface area contributed by atoms with Crippen LogP contribution in [-0.2, 0) is 0 Å². The normalized spacial score (nSPS) is 13.6. The fraction of sp³-hybridized carbons (Fsp3) is 0.500. The van der Waals surface area contributed by atoms with Gasteiger partial charge < -0.3 is 0 Å². The van der Waals surface area contributed by atoms with E-state index in [2.05, 4.69) is 20.9 Å². The van der Waals surface area contributed by atoms with Crippen molar-refractivity contribution in [3.8, 4) is 0 Å². The molecule has 0 aromatic carbocycles. The van der Waals surface area contributed by atoms with E-state index in [1.54, 1.807) is 0 Å². The van der Waals surface area contributed by atoms with E-state index in [1.165, 1.54) is 18.3 Å². The first-order valence-electron chi connectivity index (χ1n) is 2.88. The van der Waals surface area contributed by atoms with Crippen LogP contribution < -0.4 is 0 Å². The summed E-state index contributed by atoms with van der Waals surface area (Å²) in [7, 11) is 0. The van der Waals surface area contributed by atoms with Crippen molar-refractivity contribution < 1.29 is 4.39 Å². The molecule has 1 nitrogen and oxygen atoms in total. The molecule has 1 heterocycles. The Morgan fingerprint density at radius 1 is 1.70 bits per heavy atom. The molecule has 0 aliphatic heterocycles. The zero-order chi connectivity index (χ0) is 7.72. The van der Waals surface area contributed by atoms with Crippen molar-refractivity contribution in [2.45, 2.75) is 20.0 Å². The van der Waals surface area contributed by atoms with Gasteiger partial charge in [0, 0.05) is 4.88 Å². The molecule has 1 rings (SSSR count). The maximum atomic E-state index is 12.6. The minimum Gasteiger partial charge on any atom is -0.241 e. The fourth-order valence-electron chi connectivity index (χ4n) is 0.744. The lowest BCUT2D eigenvalue weighted by atomic mass is 10.3. The van der Waals surface area contributed by atoms with Crippen LogP contribution in [0.3, 0.4) is 0 Å². The van der Waals surface area contributed by atoms with E-state index < -0.39 is 6.17 Å². The third-order valence-electron chi connectivity index (χ3n) is 1.18. The number of aryl methyl sites for hydroxylation is 1. The lowest BCUT2D eigenvalue weighted by molar-refractivity contribution is 0.365. The van der Waals surface area contributed by atoms with Crippen LogP contribution in [0.4, 0.5) is 4.39 Å². The van der Waals surface area contributed by atoms with Crippen LogP contribution >= 0.6 is 27.3 Å². The van der Waals surface area contributed by atoms with Gasteiger partial charge in [-0.1, -0.05) is 0 Å². The quantitative estimate of drug-likeness (QED) is 0.713. The molecule has 0 spiro atoms. The van der Waals surface area contributed by atoms with Gasteiger partial charge in [-0.05, 0) is 29.8 Å². The number of thiazole rings is 1. The summed E-state index contributed by atoms with van der Waals surface area (Å²) in [6.45, 7) is 3.36. The van der Waals surface area contributed by atoms with E-state index in [4.69, 9.17) is 0 Å². The van der Waals surface area contributed by atoms with Gasteiger partial charge in [0.05, 0.1) is 5.69 Å². The second kappa shape index (κ2) is 2.96. The van der Waals surface area contributed by atoms with E-state index >= 15 is 0 Å². The number of hydrogen-bond donors (Lipinski definition) is 0. The third-order valence-corrected chi connectivity index (χ3v) is 2.62. The van der Waals surface area contributed by atoms with Crippen molar-refractivity contribution in [1.82, 2.24) is 4.98 Å². The molecular formula is C6H7BrFNS. The van der Waals surface area contributed by atoms with Gasteiger partial charge in [-0.3, -0.25) is 0 Å². The monoisotopic (exact) mass is 223 g/mol. The molecule has 1 aromatic heterocycles. The smallest absolute Gasteiger partial charge is 0.159 e. The summed E-state index contributed by atoms with van der Waals surface area (Å²) in [6, 6.07) is 0. The van der Waals surface area contributed by atoms with Crippen LogP contribution in [0, 0.1) is 6.92 Å². The average Bonchev–Trinajstić information content (AvgIpc) is 2.10. The lowest BCUT2D eigenvalue weighted by Crippen LogP contribution is -1.86. The summed E-state index contributed by atoms with van der Waals surface area (Å²) < 4.78 is 13.4. The maximum Gasteiger partial charge on any atom is 0.159 e. The molecule has 0 amide bonds. The van der Waals surface area contributed by atoms with Crippen LogP contribution in [0.25, 0.3) is 0 Å². The Morgan fingerprint density at radius 2 is 2.30 bits per heavy atom. The second-order valence-electron chi connectivity index (χ2n) is 2.02. The molecule has 0 radical (unpaired) electrons. The Balaban J connectivity index is 3.03. The van der Waals surface area contributed by atoms with E-state index in [0.29, 0.717) is 5.69 Å². The molecule has 56 valence electrons. The number of aromatic nitrogens is 1. The van der Waals surface area contributed by atoms with Gasteiger partial charge in [-0.2, -0.15) is 0 Å². The number of alkyl halides is 1. The highest BCUT2D eigenvalue weighted by Gasteiger charge is 2.11. The number of hydrogen-bond acceptors (Lipinski definition) is 2. The Kier molecular flexibility index (Phi) is 2.41. The molecule has 0 N–H and O–H groups in total. The topological polar surface area (TPSA) is 12.9 Å². The molecule has 1 aromatic rings. The zero-order valence-corrected chi connectivity index (χ0v) is 8.09. The fourth-order valence-corrected chi connectivity index (χ4v) is 2.37. The molecule has 10 heavy (non-hydrogen) atoms. The van der Waals surface area contributed by atoms with Crippen molar-refractivity contribution in [1.29, 1.82) is 0 Å². The highest BCUT2D eigenvalue weighted by atomic mass is 79.9. The SMILES string of the molecule is Cc1sc(Br)nc1C(C)F. The molecule has 0 aliphatic rings. The van der Waals surface area contributed by atoms with Crippen molar-refractivity contribution in [2.24, 2.45) is 0 Å². The highest BCUT2D eigenvalue weighted by molar-refractivity contribution is 9.11. The number of nitrogens with zero attached hydrogens (tertiary/aromatic N) is 1. The second-order valence-corrected chi connectivity index (χ2v) is 4.50. The molecular weight excluding hydrogens is 217 g/mol. The Labute approximate surface area is 71.4 Å². The first-order valence-corrected chi connectivity index (χ1v) is 4.49. The van der Waals surface area contributed by atoms with Crippen LogP contribution in [0.5, 0.6) is 0 Å². The van der Waals surface area contributed by atoms with Gasteiger partial charge in [0.15, 0.2) is 3.92 Å². The predicted molar refractivity (Wildman–Crippen MR) is 44.1 cm³/mol. The maximum absolute atomic E-state index is 12.6. The van der Waals surface area contributed by atoms with Gasteiger partial charge in [0.1, 0.15) is 6.17 Å². The minimum absolute atomic E-state index is 0.553. The van der Waals surface area contributed by atoms with Crippen molar-refractivity contribution >= 4 is 27.3 Å². The summed E-state index contributed by atoms with van der Waals surface area (Å²) >= 11 is 4.66. The van der Waals surface area contributed by atoms with E-state index in [1.807, 2.05) is 6.92 Å². The van der Waals surface area contributed by atoms with Crippen LogP contribution in [0.1, 0.15) is 23.7 Å². The van der Waals surface area contributed by atoms with Crippen molar-refractivity contribution in [3.05, 3.63) is 14.5 Å². The molecule has 0 saturated carbocycles. The van der Waals surface area contributed by atoms with Gasteiger partial charge in [0.2, 0.25) is 0 Å². The number of halogens is 2. The van der Waals surface area contributed by atoms with Crippen LogP contribution in [-0.4, -0.2) is 4.98 Å². The van der Waals surface area contributed by atoms with Crippen molar-refractivity contribution in [3.63, 3.8) is 0 Å². The lowest BCUT2D eigenvalue weighted by Gasteiger charge is -1.95. The van der Waals surface area contributed by atoms with Crippen LogP contribution in [0.15, 0.2) is 3.92 Å². The summed E-state index contributed by atoms with van der Waals surface area (Å²) in [5.41, 5.74) is 0.553. The minimum atomic E-state index is -0.956. The number of rotatable bonds is 1. The highest BCUT2D eigenvalue weighted by Crippen LogP contribution is 2.27. The molecule has 1 unspecified atom stereocenters. The molecule has 0 aliphatic carbocycles. The zero-order valence-electron chi connectivity index (χ0n) is 5.69. The summed E-state index contributed by atoms with van der Waals surface area (Å²) in [6.07, 6.45) is -0.956. The van der Waals surface area contributed by atoms with E-state index in [9.17, 15) is 4.39 Å². The molecule has 0 bridgehead atoms. The molecule has 4 heteroatoms. The largest absolute Gasteiger partial charge is 0.241 e. The van der Waals surface area contributed by atoms with Gasteiger partial charge in [-0.25, -0.2) is 9.37 Å². The first-order chi connectivity index (χ1) is 4.61. The van der Waals surface area contributed by atoms with E-state index in [-0.39, 0.29) is 0 Å². The summed E-state index contributed by atoms with van der Waals surface area (Å²) in [4.78, 5) is 4.92. The first kappa shape index (κ1) is 8.14. The Bertz CT molecular complexity index is 234. The standard InChI is InChI=1S/C6H7BrFNS/c1-3(8)5-4(2)10-6(7)9-5/h3H,1-2H3. The van der Waals surface area contributed by atoms with Gasteiger partial charge in [0.25, 0.3) is 0 Å². The van der Waals surface area contributed by atoms with Crippen molar-refractivity contribution in [2.75, 3.05) is 0 Å². The van der Waals surface area contributed by atoms with E-state index in [0.717, 1.165) is 8.79 Å². The van der Waals surface area contributed by atoms with Crippen LogP contribution in [0.2, 0.25) is 0 Å². The average molecular weight is 224 g/mol. The third kappa shape index (κ3) is 1.55. The summed E-state index contributed by atoms with van der Waals surface area (Å²) in [5, 5.41) is 0. The van der Waals surface area contributed by atoms with Gasteiger partial charge >= 0.3 is 0 Å². The molecule has 0 fully saturated rings. The molecule has 0 saturated heterocycles. The predicted octanol–water partition coefficient (Wildman–Crippen LogP) is 3.24. The van der Waals surface area contributed by atoms with Gasteiger partial charge in [-0.15, -0.1) is 11.3 Å². The summed E-state index contributed by atoms with van der Waals surface area (Å²) in [5.74, 6) is 0.